The molecule has 0 saturated carbocycles. The van der Waals surface area contributed by atoms with Crippen molar-refractivity contribution in [2.24, 2.45) is 5.73 Å². The second-order valence-corrected chi connectivity index (χ2v) is 8.99. The normalized spacial score (nSPS) is 11.3. The van der Waals surface area contributed by atoms with E-state index in [1.807, 2.05) is 62.4 Å². The summed E-state index contributed by atoms with van der Waals surface area (Å²) in [5.41, 5.74) is 9.16. The summed E-state index contributed by atoms with van der Waals surface area (Å²) in [7, 11) is 0. The molecule has 0 aromatic heterocycles. The topological polar surface area (TPSA) is 96.2 Å². The number of nitrogens with two attached hydrogens (primary N) is 1. The molecule has 1 atom stereocenters. The van der Waals surface area contributed by atoms with Crippen LogP contribution in [0.25, 0.3) is 0 Å². The van der Waals surface area contributed by atoms with E-state index in [9.17, 15) is 9.59 Å². The van der Waals surface area contributed by atoms with Gasteiger partial charge in [0.05, 0.1) is 5.25 Å². The summed E-state index contributed by atoms with van der Waals surface area (Å²) in [6, 6.07) is 22.2. The number of amides is 2. The molecule has 5 N–H and O–H groups in total. The predicted octanol–water partition coefficient (Wildman–Crippen LogP) is 5.02. The molecule has 0 heterocycles. The van der Waals surface area contributed by atoms with Gasteiger partial charge in [-0.25, -0.2) is 0 Å². The maximum atomic E-state index is 12.6. The van der Waals surface area contributed by atoms with Crippen molar-refractivity contribution in [2.45, 2.75) is 24.0 Å². The number of rotatable bonds is 7. The van der Waals surface area contributed by atoms with E-state index < -0.39 is 5.91 Å². The van der Waals surface area contributed by atoms with Gasteiger partial charge < -0.3 is 21.7 Å². The fourth-order valence-electron chi connectivity index (χ4n) is 2.80. The highest BCUT2D eigenvalue weighted by molar-refractivity contribution is 8.00. The molecule has 3 aromatic carbocycles. The van der Waals surface area contributed by atoms with Crippen molar-refractivity contribution in [1.82, 2.24) is 0 Å². The van der Waals surface area contributed by atoms with Crippen LogP contribution in [-0.2, 0) is 4.79 Å². The Kier molecular flexibility index (Phi) is 7.86. The quantitative estimate of drug-likeness (QED) is 0.290. The van der Waals surface area contributed by atoms with Gasteiger partial charge in [-0.05, 0) is 80.7 Å². The number of anilines is 3. The van der Waals surface area contributed by atoms with Gasteiger partial charge in [-0.2, -0.15) is 0 Å². The molecule has 6 nitrogen and oxygen atoms in total. The van der Waals surface area contributed by atoms with E-state index in [0.717, 1.165) is 16.3 Å². The molecule has 0 aliphatic rings. The zero-order chi connectivity index (χ0) is 23.1. The number of primary amides is 1. The second kappa shape index (κ2) is 10.8. The Labute approximate surface area is 197 Å². The number of nitrogens with one attached hydrogen (secondary N) is 3. The summed E-state index contributed by atoms with van der Waals surface area (Å²) >= 11 is 6.84. The van der Waals surface area contributed by atoms with Gasteiger partial charge in [0.15, 0.2) is 5.11 Å². The zero-order valence-corrected chi connectivity index (χ0v) is 19.3. The number of hydrogen-bond donors (Lipinski definition) is 4. The van der Waals surface area contributed by atoms with Crippen molar-refractivity contribution in [1.29, 1.82) is 0 Å². The molecule has 0 fully saturated rings. The second-order valence-electron chi connectivity index (χ2n) is 7.16. The van der Waals surface area contributed by atoms with Gasteiger partial charge in [-0.1, -0.05) is 23.8 Å². The molecule has 0 bridgehead atoms. The first-order valence-electron chi connectivity index (χ1n) is 9.92. The minimum atomic E-state index is -0.506. The summed E-state index contributed by atoms with van der Waals surface area (Å²) in [6.07, 6.45) is 0. The van der Waals surface area contributed by atoms with Crippen LogP contribution in [0.2, 0.25) is 0 Å². The van der Waals surface area contributed by atoms with E-state index in [4.69, 9.17) is 18.0 Å². The number of thiocarbonyl (C=S) groups is 1. The third kappa shape index (κ3) is 6.83. The van der Waals surface area contributed by atoms with E-state index in [1.54, 1.807) is 24.3 Å². The Morgan fingerprint density at radius 3 is 2.12 bits per heavy atom. The first-order valence-corrected chi connectivity index (χ1v) is 11.2. The van der Waals surface area contributed by atoms with Crippen LogP contribution in [0.5, 0.6) is 0 Å². The third-order valence-corrected chi connectivity index (χ3v) is 5.82. The van der Waals surface area contributed by atoms with Crippen LogP contribution >= 0.6 is 24.0 Å². The zero-order valence-electron chi connectivity index (χ0n) is 17.7. The summed E-state index contributed by atoms with van der Waals surface area (Å²) in [4.78, 5) is 24.6. The van der Waals surface area contributed by atoms with E-state index in [1.165, 1.54) is 17.3 Å². The lowest BCUT2D eigenvalue weighted by atomic mass is 10.2. The number of benzene rings is 3. The molecule has 2 amide bonds. The molecule has 8 heteroatoms. The van der Waals surface area contributed by atoms with Crippen LogP contribution in [-0.4, -0.2) is 22.2 Å². The first kappa shape index (κ1) is 23.3. The number of aryl methyl sites for hydroxylation is 1. The standard InChI is InChI=1S/C24H24N4O2S2/c1-15-6-10-19(11-7-15)27-24(31)28-20-4-3-5-21(14-20)32-16(2)23(30)26-18-12-8-17(9-13-18)22(25)29/h3-14,16H,1-2H3,(H2,25,29)(H,26,30)(H2,27,28,31). The number of hydrogen-bond acceptors (Lipinski definition) is 4. The molecular formula is C24H24N4O2S2. The molecule has 3 aromatic rings. The average molecular weight is 465 g/mol. The smallest absolute Gasteiger partial charge is 0.248 e. The van der Waals surface area contributed by atoms with Crippen LogP contribution in [0.3, 0.4) is 0 Å². The summed E-state index contributed by atoms with van der Waals surface area (Å²) in [5, 5.41) is 9.33. The van der Waals surface area contributed by atoms with Crippen LogP contribution in [0, 0.1) is 6.92 Å². The highest BCUT2D eigenvalue weighted by Crippen LogP contribution is 2.27. The SMILES string of the molecule is Cc1ccc(NC(=S)Nc2cccc(SC(C)C(=O)Nc3ccc(C(N)=O)cc3)c2)cc1. The van der Waals surface area contributed by atoms with Gasteiger partial charge in [0.25, 0.3) is 0 Å². The van der Waals surface area contributed by atoms with Crippen molar-refractivity contribution in [3.63, 3.8) is 0 Å². The van der Waals surface area contributed by atoms with Gasteiger partial charge in [-0.15, -0.1) is 11.8 Å². The molecule has 1 unspecified atom stereocenters. The fourth-order valence-corrected chi connectivity index (χ4v) is 3.96. The Balaban J connectivity index is 1.55. The molecular weight excluding hydrogens is 440 g/mol. The van der Waals surface area contributed by atoms with E-state index in [2.05, 4.69) is 16.0 Å². The lowest BCUT2D eigenvalue weighted by molar-refractivity contribution is -0.115. The van der Waals surface area contributed by atoms with Crippen molar-refractivity contribution in [2.75, 3.05) is 16.0 Å². The largest absolute Gasteiger partial charge is 0.366 e. The van der Waals surface area contributed by atoms with Crippen molar-refractivity contribution in [3.8, 4) is 0 Å². The summed E-state index contributed by atoms with van der Waals surface area (Å²) < 4.78 is 0. The van der Waals surface area contributed by atoms with Crippen LogP contribution in [0.15, 0.2) is 77.7 Å². The van der Waals surface area contributed by atoms with E-state index in [-0.39, 0.29) is 11.2 Å². The lowest BCUT2D eigenvalue weighted by Crippen LogP contribution is -2.22. The van der Waals surface area contributed by atoms with Crippen molar-refractivity contribution in [3.05, 3.63) is 83.9 Å². The molecule has 0 aliphatic heterocycles. The number of carbonyl (C=O) groups is 2. The highest BCUT2D eigenvalue weighted by Gasteiger charge is 2.15. The summed E-state index contributed by atoms with van der Waals surface area (Å²) in [6.45, 7) is 3.87. The maximum absolute atomic E-state index is 12.6. The average Bonchev–Trinajstić information content (AvgIpc) is 2.76. The Morgan fingerprint density at radius 2 is 1.47 bits per heavy atom. The fraction of sp³-hybridized carbons (Fsp3) is 0.125. The maximum Gasteiger partial charge on any atom is 0.248 e. The Hall–Kier alpha value is -3.36. The molecule has 0 aliphatic carbocycles. The van der Waals surface area contributed by atoms with Crippen LogP contribution in [0.4, 0.5) is 17.1 Å². The molecule has 0 saturated heterocycles. The lowest BCUT2D eigenvalue weighted by Gasteiger charge is -2.14. The molecule has 0 radical (unpaired) electrons. The van der Waals surface area contributed by atoms with Crippen LogP contribution < -0.4 is 21.7 Å². The first-order chi connectivity index (χ1) is 15.3. The van der Waals surface area contributed by atoms with Gasteiger partial charge in [0.1, 0.15) is 0 Å². The van der Waals surface area contributed by atoms with E-state index >= 15 is 0 Å². The monoisotopic (exact) mass is 464 g/mol. The minimum absolute atomic E-state index is 0.142. The van der Waals surface area contributed by atoms with Crippen LogP contribution in [0.1, 0.15) is 22.8 Å². The predicted molar refractivity (Wildman–Crippen MR) is 136 cm³/mol. The minimum Gasteiger partial charge on any atom is -0.366 e. The van der Waals surface area contributed by atoms with Crippen molar-refractivity contribution >= 4 is 58.0 Å². The molecule has 3 rings (SSSR count). The van der Waals surface area contributed by atoms with Crippen molar-refractivity contribution < 1.29 is 9.59 Å². The number of thioether (sulfide) groups is 1. The number of carbonyl (C=O) groups excluding carboxylic acids is 2. The van der Waals surface area contributed by atoms with Gasteiger partial charge in [-0.3, -0.25) is 9.59 Å². The molecule has 0 spiro atoms. The van der Waals surface area contributed by atoms with E-state index in [0.29, 0.717) is 16.4 Å². The third-order valence-electron chi connectivity index (χ3n) is 4.52. The van der Waals surface area contributed by atoms with Gasteiger partial charge in [0, 0.05) is 27.5 Å². The molecule has 164 valence electrons. The highest BCUT2D eigenvalue weighted by atomic mass is 32.2. The van der Waals surface area contributed by atoms with Gasteiger partial charge >= 0.3 is 0 Å². The Morgan fingerprint density at radius 1 is 0.875 bits per heavy atom. The Bertz CT molecular complexity index is 1120. The molecule has 32 heavy (non-hydrogen) atoms. The van der Waals surface area contributed by atoms with Gasteiger partial charge in [0.2, 0.25) is 11.8 Å². The summed E-state index contributed by atoms with van der Waals surface area (Å²) in [5.74, 6) is -0.648.